The number of alkyl halides is 1. The van der Waals surface area contributed by atoms with Crippen molar-refractivity contribution in [2.24, 2.45) is 5.92 Å². The van der Waals surface area contributed by atoms with Gasteiger partial charge >= 0.3 is 0 Å². The molecule has 2 aliphatic heterocycles. The molecule has 3 aromatic rings. The number of aromatic nitrogens is 1. The number of nitrogens with one attached hydrogen (secondary N) is 2. The van der Waals surface area contributed by atoms with Gasteiger partial charge in [0, 0.05) is 59.6 Å². The number of nitrogens with zero attached hydrogens (tertiary/aromatic N) is 2. The molecule has 5 nitrogen and oxygen atoms in total. The molecule has 5 aliphatic rings. The van der Waals surface area contributed by atoms with Gasteiger partial charge in [-0.05, 0) is 62.6 Å². The molecule has 7 heteroatoms. The predicted molar refractivity (Wildman–Crippen MR) is 143 cm³/mol. The lowest BCUT2D eigenvalue weighted by molar-refractivity contribution is -0.174. The smallest absolute Gasteiger partial charge is 0.134 e. The number of likely N-dealkylation sites (tertiary alicyclic amines) is 1. The van der Waals surface area contributed by atoms with Gasteiger partial charge in [-0.25, -0.2) is 4.39 Å². The van der Waals surface area contributed by atoms with Crippen LogP contribution in [0.4, 0.5) is 14.5 Å². The topological polar surface area (TPSA) is 43.5 Å². The zero-order valence-electron chi connectivity index (χ0n) is 21.7. The number of ether oxygens (including phenoxy) is 1. The zero-order valence-corrected chi connectivity index (χ0v) is 21.7. The first-order chi connectivity index (χ1) is 18.0. The molecule has 8 rings (SSSR count). The van der Waals surface area contributed by atoms with Crippen LogP contribution in [0, 0.1) is 11.7 Å². The highest BCUT2D eigenvalue weighted by Crippen LogP contribution is 2.65. The Hall–Kier alpha value is -2.64. The molecule has 4 fully saturated rings. The molecule has 0 spiro atoms. The van der Waals surface area contributed by atoms with Gasteiger partial charge < -0.3 is 15.0 Å². The van der Waals surface area contributed by atoms with E-state index in [9.17, 15) is 4.39 Å². The molecule has 0 radical (unpaired) electrons. The third-order valence-corrected chi connectivity index (χ3v) is 9.45. The van der Waals surface area contributed by atoms with Gasteiger partial charge in [-0.1, -0.05) is 18.2 Å². The third-order valence-electron chi connectivity index (χ3n) is 9.45. The highest BCUT2D eigenvalue weighted by atomic mass is 19.1. The van der Waals surface area contributed by atoms with Gasteiger partial charge in [0.25, 0.3) is 0 Å². The number of fused-ring (bicyclic) bond motifs is 3. The average molecular weight is 507 g/mol. The summed E-state index contributed by atoms with van der Waals surface area (Å²) in [5, 5.41) is 4.72. The molecule has 0 unspecified atom stereocenters. The second kappa shape index (κ2) is 8.70. The number of hydrogen-bond acceptors (Lipinski definition) is 4. The summed E-state index contributed by atoms with van der Waals surface area (Å²) in [5.74, 6) is 1.20. The molecule has 3 saturated carbocycles. The number of rotatable bonds is 8. The number of halogens is 2. The molecule has 2 bridgehead atoms. The quantitative estimate of drug-likeness (QED) is 0.414. The van der Waals surface area contributed by atoms with E-state index in [0.717, 1.165) is 48.9 Å². The normalized spacial score (nSPS) is 29.4. The number of aromatic amines is 1. The van der Waals surface area contributed by atoms with E-state index in [1.807, 2.05) is 6.07 Å². The predicted octanol–water partition coefficient (Wildman–Crippen LogP) is 5.66. The van der Waals surface area contributed by atoms with Crippen LogP contribution in [0.5, 0.6) is 5.75 Å². The first-order valence-electron chi connectivity index (χ1n) is 13.8. The lowest BCUT2D eigenvalue weighted by Gasteiger charge is -2.70. The number of methoxy groups -OCH3 is 1. The van der Waals surface area contributed by atoms with Crippen LogP contribution in [0.15, 0.2) is 36.4 Å². The highest BCUT2D eigenvalue weighted by molar-refractivity contribution is 5.85. The standard InChI is InChI=1S/C30H36F2N4O/c1-18-10-23-22-6-3-4-7-25(22)34-28(23)29(36(18)30-13-19(14-30)15-30)27-24(32)11-20(12-26(27)37-2)33-21-16-35(17-21)9-5-8-31/h3-4,6-7,11-12,18-19,21,29,33-34H,5,8-10,13-17H2,1-2H3/t18-,19?,29-,30?/m1/s1. The van der Waals surface area contributed by atoms with Crippen molar-refractivity contribution in [3.63, 3.8) is 0 Å². The Balaban J connectivity index is 1.27. The number of anilines is 1. The van der Waals surface area contributed by atoms with E-state index >= 15 is 4.39 Å². The van der Waals surface area contributed by atoms with Crippen molar-refractivity contribution in [2.45, 2.75) is 62.7 Å². The van der Waals surface area contributed by atoms with E-state index in [0.29, 0.717) is 23.8 Å². The Morgan fingerprint density at radius 1 is 1.16 bits per heavy atom. The van der Waals surface area contributed by atoms with E-state index in [1.54, 1.807) is 13.2 Å². The van der Waals surface area contributed by atoms with E-state index < -0.39 is 0 Å². The number of para-hydroxylation sites is 1. The summed E-state index contributed by atoms with van der Waals surface area (Å²) in [6.07, 6.45) is 5.18. The number of H-pyrrole nitrogens is 1. The lowest BCUT2D eigenvalue weighted by atomic mass is 9.48. The molecule has 1 saturated heterocycles. The van der Waals surface area contributed by atoms with Crippen molar-refractivity contribution in [1.29, 1.82) is 0 Å². The largest absolute Gasteiger partial charge is 0.496 e. The van der Waals surface area contributed by atoms with Crippen molar-refractivity contribution >= 4 is 16.6 Å². The Morgan fingerprint density at radius 2 is 1.95 bits per heavy atom. The Kier molecular flexibility index (Phi) is 5.52. The van der Waals surface area contributed by atoms with Crippen LogP contribution in [0.2, 0.25) is 0 Å². The van der Waals surface area contributed by atoms with Crippen LogP contribution >= 0.6 is 0 Å². The fraction of sp³-hybridized carbons (Fsp3) is 0.533. The maximum absolute atomic E-state index is 16.3. The van der Waals surface area contributed by atoms with E-state index in [2.05, 4.69) is 51.3 Å². The number of benzene rings is 2. The fourth-order valence-electron chi connectivity index (χ4n) is 7.71. The van der Waals surface area contributed by atoms with Crippen LogP contribution < -0.4 is 10.1 Å². The second-order valence-electron chi connectivity index (χ2n) is 11.8. The van der Waals surface area contributed by atoms with Gasteiger partial charge in [-0.2, -0.15) is 0 Å². The van der Waals surface area contributed by atoms with Crippen molar-refractivity contribution in [3.8, 4) is 5.75 Å². The van der Waals surface area contributed by atoms with Gasteiger partial charge in [0.2, 0.25) is 0 Å². The molecule has 0 amide bonds. The first kappa shape index (κ1) is 23.5. The summed E-state index contributed by atoms with van der Waals surface area (Å²) < 4.78 is 34.6. The minimum Gasteiger partial charge on any atom is -0.496 e. The van der Waals surface area contributed by atoms with E-state index in [4.69, 9.17) is 4.74 Å². The van der Waals surface area contributed by atoms with Crippen LogP contribution in [0.3, 0.4) is 0 Å². The van der Waals surface area contributed by atoms with Gasteiger partial charge in [0.05, 0.1) is 31.4 Å². The zero-order chi connectivity index (χ0) is 25.3. The highest BCUT2D eigenvalue weighted by Gasteiger charge is 2.63. The Morgan fingerprint density at radius 3 is 2.65 bits per heavy atom. The SMILES string of the molecule is COc1cc(NC2CN(CCCF)C2)cc(F)c1[C@@H]1c2[nH]c3ccccc3c2C[C@@H](C)N1C12CC(C1)C2. The Bertz CT molecular complexity index is 1320. The molecule has 1 aromatic heterocycles. The minimum absolute atomic E-state index is 0.174. The minimum atomic E-state index is -0.282. The molecular weight excluding hydrogens is 470 g/mol. The van der Waals surface area contributed by atoms with Crippen molar-refractivity contribution in [2.75, 3.05) is 38.7 Å². The second-order valence-corrected chi connectivity index (χ2v) is 11.8. The summed E-state index contributed by atoms with van der Waals surface area (Å²) in [6.45, 7) is 4.50. The van der Waals surface area contributed by atoms with Crippen molar-refractivity contribution < 1.29 is 13.5 Å². The van der Waals surface area contributed by atoms with Gasteiger partial charge in [0.15, 0.2) is 0 Å². The van der Waals surface area contributed by atoms with E-state index in [1.165, 1.54) is 30.2 Å². The molecule has 37 heavy (non-hydrogen) atoms. The molecule has 3 aliphatic carbocycles. The molecule has 2 aromatic carbocycles. The summed E-state index contributed by atoms with van der Waals surface area (Å²) in [4.78, 5) is 8.55. The maximum Gasteiger partial charge on any atom is 0.134 e. The molecular formula is C30H36F2N4O. The van der Waals surface area contributed by atoms with Crippen molar-refractivity contribution in [1.82, 2.24) is 14.8 Å². The van der Waals surface area contributed by atoms with Crippen molar-refractivity contribution in [3.05, 3.63) is 59.0 Å². The molecule has 2 N–H and O–H groups in total. The molecule has 2 atom stereocenters. The monoisotopic (exact) mass is 506 g/mol. The summed E-state index contributed by atoms with van der Waals surface area (Å²) in [5.41, 5.74) is 5.09. The summed E-state index contributed by atoms with van der Waals surface area (Å²) in [6, 6.07) is 12.4. The van der Waals surface area contributed by atoms with Gasteiger partial charge in [-0.3, -0.25) is 14.2 Å². The summed E-state index contributed by atoms with van der Waals surface area (Å²) >= 11 is 0. The number of hydrogen-bond donors (Lipinski definition) is 2. The fourth-order valence-corrected chi connectivity index (χ4v) is 7.71. The van der Waals surface area contributed by atoms with Gasteiger partial charge in [0.1, 0.15) is 11.6 Å². The lowest BCUT2D eigenvalue weighted by Crippen LogP contribution is -2.71. The van der Waals surface area contributed by atoms with Crippen LogP contribution in [0.25, 0.3) is 10.9 Å². The van der Waals surface area contributed by atoms with Crippen LogP contribution in [-0.2, 0) is 6.42 Å². The molecule has 196 valence electrons. The van der Waals surface area contributed by atoms with Gasteiger partial charge in [-0.15, -0.1) is 0 Å². The van der Waals surface area contributed by atoms with Crippen LogP contribution in [-0.4, -0.2) is 65.8 Å². The Labute approximate surface area is 217 Å². The average Bonchev–Trinajstić information content (AvgIpc) is 3.17. The molecule has 3 heterocycles. The van der Waals surface area contributed by atoms with E-state index in [-0.39, 0.29) is 30.1 Å². The maximum atomic E-state index is 16.3. The third kappa shape index (κ3) is 3.61. The summed E-state index contributed by atoms with van der Waals surface area (Å²) in [7, 11) is 1.65. The van der Waals surface area contributed by atoms with Crippen LogP contribution in [0.1, 0.15) is 55.5 Å². The first-order valence-corrected chi connectivity index (χ1v) is 13.8.